The van der Waals surface area contributed by atoms with Crippen LogP contribution in [0.5, 0.6) is 0 Å². The molecule has 0 aliphatic heterocycles. The molecule has 0 heterocycles. The largest absolute Gasteiger partial charge is 0.352 e. The molecule has 62 valence electrons. The molecule has 0 atom stereocenters. The van der Waals surface area contributed by atoms with Gasteiger partial charge in [-0.3, -0.25) is 14.4 Å². The van der Waals surface area contributed by atoms with Crippen LogP contribution in [-0.4, -0.2) is 31.2 Å². The minimum atomic E-state index is -0.260. The molecule has 0 unspecified atom stereocenters. The zero-order valence-electron chi connectivity index (χ0n) is 6.22. The molecule has 2 amide bonds. The van der Waals surface area contributed by atoms with Gasteiger partial charge in [0.05, 0.1) is 13.1 Å². The average Bonchev–Trinajstić information content (AvgIpc) is 1.97. The molecule has 0 saturated carbocycles. The van der Waals surface area contributed by atoms with Gasteiger partial charge in [-0.05, 0) is 0 Å². The number of hydrogen-bond donors (Lipinski definition) is 2. The molecular formula is C6H10N2O3. The second-order valence-electron chi connectivity index (χ2n) is 1.95. The molecule has 0 spiro atoms. The number of carbonyl (C=O) groups excluding carboxylic acids is 3. The van der Waals surface area contributed by atoms with Gasteiger partial charge in [0.2, 0.25) is 12.3 Å². The highest BCUT2D eigenvalue weighted by molar-refractivity contribution is 5.87. The van der Waals surface area contributed by atoms with Crippen molar-refractivity contribution < 1.29 is 14.4 Å². The molecule has 5 nitrogen and oxygen atoms in total. The van der Waals surface area contributed by atoms with Crippen molar-refractivity contribution in [3.63, 3.8) is 0 Å². The second kappa shape index (κ2) is 5.40. The molecule has 0 aliphatic rings. The number of carbonyl (C=O) groups is 3. The quantitative estimate of drug-likeness (QED) is 0.475. The molecule has 0 bridgehead atoms. The van der Waals surface area contributed by atoms with Crippen LogP contribution in [0.3, 0.4) is 0 Å². The van der Waals surface area contributed by atoms with Crippen LogP contribution in [0.1, 0.15) is 6.92 Å². The number of Topliss-reactive ketones (excluding diaryl/α,β-unsaturated/α-hetero) is 1. The van der Waals surface area contributed by atoms with E-state index in [2.05, 4.69) is 10.6 Å². The van der Waals surface area contributed by atoms with Gasteiger partial charge < -0.3 is 10.6 Å². The van der Waals surface area contributed by atoms with Gasteiger partial charge >= 0.3 is 0 Å². The first-order chi connectivity index (χ1) is 5.16. The fourth-order valence-corrected chi connectivity index (χ4v) is 0.441. The van der Waals surface area contributed by atoms with Crippen molar-refractivity contribution in [1.29, 1.82) is 0 Å². The van der Waals surface area contributed by atoms with E-state index >= 15 is 0 Å². The Morgan fingerprint density at radius 3 is 2.45 bits per heavy atom. The molecule has 0 saturated heterocycles. The number of nitrogens with one attached hydrogen (secondary N) is 2. The molecule has 0 aliphatic carbocycles. The average molecular weight is 158 g/mol. The van der Waals surface area contributed by atoms with E-state index < -0.39 is 0 Å². The highest BCUT2D eigenvalue weighted by Gasteiger charge is 1.99. The van der Waals surface area contributed by atoms with Gasteiger partial charge in [0.25, 0.3) is 0 Å². The lowest BCUT2D eigenvalue weighted by Crippen LogP contribution is -2.33. The Morgan fingerprint density at radius 2 is 2.00 bits per heavy atom. The Kier molecular flexibility index (Phi) is 4.72. The maximum absolute atomic E-state index is 10.7. The number of hydrogen-bond acceptors (Lipinski definition) is 3. The van der Waals surface area contributed by atoms with Crippen LogP contribution in [0.25, 0.3) is 0 Å². The molecule has 0 rings (SSSR count). The van der Waals surface area contributed by atoms with Crippen molar-refractivity contribution in [1.82, 2.24) is 10.6 Å². The summed E-state index contributed by atoms with van der Waals surface area (Å²) in [5.74, 6) is -0.489. The normalized spacial score (nSPS) is 8.45. The minimum absolute atomic E-state index is 0.0316. The third kappa shape index (κ3) is 6.50. The van der Waals surface area contributed by atoms with Crippen LogP contribution >= 0.6 is 0 Å². The maximum atomic E-state index is 10.7. The summed E-state index contributed by atoms with van der Waals surface area (Å²) in [5, 5.41) is 4.50. The summed E-state index contributed by atoms with van der Waals surface area (Å²) in [4.78, 5) is 30.6. The third-order valence-electron chi connectivity index (χ3n) is 0.917. The van der Waals surface area contributed by atoms with Gasteiger partial charge in [-0.15, -0.1) is 0 Å². The summed E-state index contributed by atoms with van der Waals surface area (Å²) in [5.41, 5.74) is 0. The first-order valence-electron chi connectivity index (χ1n) is 3.10. The van der Waals surface area contributed by atoms with E-state index in [-0.39, 0.29) is 24.8 Å². The molecule has 0 radical (unpaired) electrons. The fraction of sp³-hybridized carbons (Fsp3) is 0.500. The van der Waals surface area contributed by atoms with Crippen molar-refractivity contribution in [3.8, 4) is 0 Å². The van der Waals surface area contributed by atoms with E-state index in [4.69, 9.17) is 0 Å². The summed E-state index contributed by atoms with van der Waals surface area (Å²) in [7, 11) is 0. The topological polar surface area (TPSA) is 75.3 Å². The zero-order valence-corrected chi connectivity index (χ0v) is 6.22. The van der Waals surface area contributed by atoms with E-state index in [0.717, 1.165) is 0 Å². The van der Waals surface area contributed by atoms with Gasteiger partial charge in [-0.2, -0.15) is 0 Å². The Bertz CT molecular complexity index is 167. The zero-order chi connectivity index (χ0) is 8.69. The second-order valence-corrected chi connectivity index (χ2v) is 1.95. The first-order valence-corrected chi connectivity index (χ1v) is 3.10. The fourth-order valence-electron chi connectivity index (χ4n) is 0.441. The van der Waals surface area contributed by atoms with E-state index in [1.807, 2.05) is 0 Å². The first kappa shape index (κ1) is 9.61. The van der Waals surface area contributed by atoms with Gasteiger partial charge in [0, 0.05) is 6.92 Å². The SMILES string of the molecule is CC(=O)NCC(=O)CNC=O. The molecule has 0 aromatic heterocycles. The molecule has 11 heavy (non-hydrogen) atoms. The van der Waals surface area contributed by atoms with Gasteiger partial charge in [-0.25, -0.2) is 0 Å². The van der Waals surface area contributed by atoms with Crippen molar-refractivity contribution in [3.05, 3.63) is 0 Å². The highest BCUT2D eigenvalue weighted by Crippen LogP contribution is 1.66. The van der Waals surface area contributed by atoms with Crippen molar-refractivity contribution in [2.24, 2.45) is 0 Å². The molecular weight excluding hydrogens is 148 g/mol. The summed E-state index contributed by atoms with van der Waals surface area (Å²) in [6.07, 6.45) is 0.436. The monoisotopic (exact) mass is 158 g/mol. The van der Waals surface area contributed by atoms with Crippen molar-refractivity contribution in [2.75, 3.05) is 13.1 Å². The highest BCUT2D eigenvalue weighted by atomic mass is 16.2. The Balaban J connectivity index is 3.37. The molecule has 0 aromatic carbocycles. The van der Waals surface area contributed by atoms with Crippen LogP contribution in [0, 0.1) is 0 Å². The van der Waals surface area contributed by atoms with Gasteiger partial charge in [-0.1, -0.05) is 0 Å². The number of rotatable bonds is 5. The van der Waals surface area contributed by atoms with Gasteiger partial charge in [0.15, 0.2) is 5.78 Å². The predicted molar refractivity (Wildman–Crippen MR) is 37.8 cm³/mol. The summed E-state index contributed by atoms with van der Waals surface area (Å²) < 4.78 is 0. The lowest BCUT2D eigenvalue weighted by Gasteiger charge is -1.99. The Labute approximate surface area is 64.1 Å². The van der Waals surface area contributed by atoms with Crippen LogP contribution in [0.2, 0.25) is 0 Å². The smallest absolute Gasteiger partial charge is 0.217 e. The van der Waals surface area contributed by atoms with E-state index in [1.54, 1.807) is 0 Å². The molecule has 0 fully saturated rings. The summed E-state index contributed by atoms with van der Waals surface area (Å²) in [6, 6.07) is 0. The maximum Gasteiger partial charge on any atom is 0.217 e. The summed E-state index contributed by atoms with van der Waals surface area (Å²) in [6.45, 7) is 1.25. The molecule has 0 aromatic rings. The Morgan fingerprint density at radius 1 is 1.36 bits per heavy atom. The van der Waals surface area contributed by atoms with Gasteiger partial charge in [0.1, 0.15) is 0 Å². The van der Waals surface area contributed by atoms with Crippen LogP contribution in [-0.2, 0) is 14.4 Å². The third-order valence-corrected chi connectivity index (χ3v) is 0.917. The number of amides is 2. The van der Waals surface area contributed by atoms with Crippen molar-refractivity contribution in [2.45, 2.75) is 6.92 Å². The summed E-state index contributed by atoms with van der Waals surface area (Å²) >= 11 is 0. The van der Waals surface area contributed by atoms with E-state index in [9.17, 15) is 14.4 Å². The minimum Gasteiger partial charge on any atom is -0.352 e. The molecule has 2 N–H and O–H groups in total. The lowest BCUT2D eigenvalue weighted by molar-refractivity contribution is -0.124. The predicted octanol–water partition coefficient (Wildman–Crippen LogP) is -1.56. The number of ketones is 1. The van der Waals surface area contributed by atoms with E-state index in [0.29, 0.717) is 6.41 Å². The van der Waals surface area contributed by atoms with E-state index in [1.165, 1.54) is 6.92 Å². The Hall–Kier alpha value is -1.39. The van der Waals surface area contributed by atoms with Crippen LogP contribution < -0.4 is 10.6 Å². The van der Waals surface area contributed by atoms with Crippen LogP contribution in [0.4, 0.5) is 0 Å². The van der Waals surface area contributed by atoms with Crippen LogP contribution in [0.15, 0.2) is 0 Å². The lowest BCUT2D eigenvalue weighted by atomic mass is 10.4. The van der Waals surface area contributed by atoms with Crippen molar-refractivity contribution >= 4 is 18.1 Å². The molecule has 5 heteroatoms. The standard InChI is InChI=1S/C6H10N2O3/c1-5(10)8-3-6(11)2-7-4-9/h4H,2-3H2,1H3,(H,7,9)(H,8,10).